The van der Waals surface area contributed by atoms with E-state index in [1.165, 1.54) is 5.56 Å². The van der Waals surface area contributed by atoms with Crippen LogP contribution >= 0.6 is 11.6 Å². The van der Waals surface area contributed by atoms with Gasteiger partial charge >= 0.3 is 0 Å². The highest BCUT2D eigenvalue weighted by Crippen LogP contribution is 2.27. The summed E-state index contributed by atoms with van der Waals surface area (Å²) in [6.07, 6.45) is 1.55. The van der Waals surface area contributed by atoms with Gasteiger partial charge in [0.2, 0.25) is 0 Å². The van der Waals surface area contributed by atoms with E-state index in [4.69, 9.17) is 11.6 Å². The lowest BCUT2D eigenvalue weighted by Gasteiger charge is -2.19. The van der Waals surface area contributed by atoms with E-state index in [0.29, 0.717) is 5.02 Å². The van der Waals surface area contributed by atoms with Crippen molar-refractivity contribution < 1.29 is 0 Å². The Kier molecular flexibility index (Phi) is 3.75. The lowest BCUT2D eigenvalue weighted by Crippen LogP contribution is -2.10. The van der Waals surface area contributed by atoms with Crippen LogP contribution in [0, 0.1) is 0 Å². The molecule has 0 aliphatic rings. The lowest BCUT2D eigenvalue weighted by molar-refractivity contribution is 0.590. The molecule has 1 N–H and O–H groups in total. The molecule has 0 unspecified atom stereocenters. The molecule has 0 aliphatic heterocycles. The fourth-order valence-corrected chi connectivity index (χ4v) is 2.49. The zero-order valence-corrected chi connectivity index (χ0v) is 13.6. The highest BCUT2D eigenvalue weighted by atomic mass is 35.5. The van der Waals surface area contributed by atoms with Gasteiger partial charge in [-0.15, -0.1) is 0 Å². The van der Waals surface area contributed by atoms with Crippen molar-refractivity contribution >= 4 is 34.0 Å². The van der Waals surface area contributed by atoms with Gasteiger partial charge in [0.25, 0.3) is 0 Å². The molecule has 0 bridgehead atoms. The van der Waals surface area contributed by atoms with E-state index in [9.17, 15) is 0 Å². The molecule has 3 nitrogen and oxygen atoms in total. The van der Waals surface area contributed by atoms with Gasteiger partial charge in [-0.05, 0) is 41.3 Å². The molecule has 0 saturated carbocycles. The number of hydrogen-bond donors (Lipinski definition) is 1. The fraction of sp³-hybridized carbons (Fsp3) is 0.222. The summed E-state index contributed by atoms with van der Waals surface area (Å²) in [5, 5.41) is 4.97. The summed E-state index contributed by atoms with van der Waals surface area (Å²) in [5.41, 5.74) is 3.29. The van der Waals surface area contributed by atoms with Gasteiger partial charge in [-0.3, -0.25) is 0 Å². The Balaban J connectivity index is 1.93. The zero-order valence-electron chi connectivity index (χ0n) is 12.9. The number of hydrogen-bond acceptors (Lipinski definition) is 3. The Hall–Kier alpha value is -2.13. The summed E-state index contributed by atoms with van der Waals surface area (Å²) in [6, 6.07) is 14.1. The summed E-state index contributed by atoms with van der Waals surface area (Å²) >= 11 is 6.01. The molecule has 4 heteroatoms. The zero-order chi connectivity index (χ0) is 15.7. The fourth-order valence-electron chi connectivity index (χ4n) is 2.32. The predicted octanol–water partition coefficient (Wildman–Crippen LogP) is 5.32. The Morgan fingerprint density at radius 1 is 0.955 bits per heavy atom. The quantitative estimate of drug-likeness (QED) is 0.695. The molecule has 0 spiro atoms. The molecule has 1 heterocycles. The maximum atomic E-state index is 6.01. The SMILES string of the molecule is CC(C)(C)c1ccc(Nc2ncnc3cc(Cl)ccc23)cc1. The van der Waals surface area contributed by atoms with Crippen LogP contribution < -0.4 is 5.32 Å². The van der Waals surface area contributed by atoms with Crippen LogP contribution in [0.1, 0.15) is 26.3 Å². The van der Waals surface area contributed by atoms with Crippen LogP contribution in [0.15, 0.2) is 48.8 Å². The van der Waals surface area contributed by atoms with Crippen LogP contribution in [0.3, 0.4) is 0 Å². The lowest BCUT2D eigenvalue weighted by atomic mass is 9.87. The molecule has 3 rings (SSSR count). The van der Waals surface area contributed by atoms with Crippen molar-refractivity contribution in [1.29, 1.82) is 0 Å². The third-order valence-electron chi connectivity index (χ3n) is 3.61. The van der Waals surface area contributed by atoms with Crippen molar-refractivity contribution in [2.75, 3.05) is 5.32 Å². The van der Waals surface area contributed by atoms with Gasteiger partial charge in [0, 0.05) is 16.1 Å². The van der Waals surface area contributed by atoms with E-state index >= 15 is 0 Å². The van der Waals surface area contributed by atoms with Gasteiger partial charge in [0.05, 0.1) is 5.52 Å². The molecule has 1 aromatic heterocycles. The van der Waals surface area contributed by atoms with E-state index < -0.39 is 0 Å². The molecule has 0 fully saturated rings. The van der Waals surface area contributed by atoms with E-state index in [2.05, 4.69) is 60.3 Å². The number of rotatable bonds is 2. The van der Waals surface area contributed by atoms with Gasteiger partial charge in [-0.1, -0.05) is 44.5 Å². The van der Waals surface area contributed by atoms with Gasteiger partial charge < -0.3 is 5.32 Å². The molecule has 2 aromatic carbocycles. The standard InChI is InChI=1S/C18H18ClN3/c1-18(2,3)12-4-7-14(8-5-12)22-17-15-9-6-13(19)10-16(15)20-11-21-17/h4-11H,1-3H3,(H,20,21,22). The first-order valence-corrected chi connectivity index (χ1v) is 7.59. The second-order valence-electron chi connectivity index (χ2n) is 6.34. The topological polar surface area (TPSA) is 37.8 Å². The Morgan fingerprint density at radius 3 is 2.36 bits per heavy atom. The van der Waals surface area contributed by atoms with Gasteiger partial charge in [0.1, 0.15) is 12.1 Å². The van der Waals surface area contributed by atoms with Gasteiger partial charge in [-0.25, -0.2) is 9.97 Å². The molecule has 0 atom stereocenters. The monoisotopic (exact) mass is 311 g/mol. The van der Waals surface area contributed by atoms with Crippen LogP contribution in [-0.4, -0.2) is 9.97 Å². The van der Waals surface area contributed by atoms with Crippen molar-refractivity contribution in [3.63, 3.8) is 0 Å². The minimum Gasteiger partial charge on any atom is -0.340 e. The van der Waals surface area contributed by atoms with Crippen LogP contribution in [0.2, 0.25) is 5.02 Å². The number of nitrogens with zero attached hydrogens (tertiary/aromatic N) is 2. The van der Waals surface area contributed by atoms with E-state index in [1.54, 1.807) is 6.33 Å². The third-order valence-corrected chi connectivity index (χ3v) is 3.85. The third kappa shape index (κ3) is 3.04. The van der Waals surface area contributed by atoms with E-state index in [-0.39, 0.29) is 5.41 Å². The molecule has 0 amide bonds. The van der Waals surface area contributed by atoms with Crippen molar-refractivity contribution in [3.05, 3.63) is 59.4 Å². The summed E-state index contributed by atoms with van der Waals surface area (Å²) in [5.74, 6) is 0.783. The number of nitrogens with one attached hydrogen (secondary N) is 1. The first kappa shape index (κ1) is 14.8. The molecule has 22 heavy (non-hydrogen) atoms. The first-order chi connectivity index (χ1) is 10.4. The maximum Gasteiger partial charge on any atom is 0.141 e. The van der Waals surface area contributed by atoms with Crippen LogP contribution in [0.5, 0.6) is 0 Å². The number of halogens is 1. The van der Waals surface area contributed by atoms with Crippen LogP contribution in [0.4, 0.5) is 11.5 Å². The highest BCUT2D eigenvalue weighted by molar-refractivity contribution is 6.31. The Bertz CT molecular complexity index is 805. The largest absolute Gasteiger partial charge is 0.340 e. The van der Waals surface area contributed by atoms with E-state index in [1.807, 2.05) is 18.2 Å². The molecule has 112 valence electrons. The molecular formula is C18H18ClN3. The number of benzene rings is 2. The molecule has 3 aromatic rings. The molecule has 0 radical (unpaired) electrons. The van der Waals surface area contributed by atoms with Crippen molar-refractivity contribution in [2.24, 2.45) is 0 Å². The van der Waals surface area contributed by atoms with Crippen LogP contribution in [0.25, 0.3) is 10.9 Å². The normalized spacial score (nSPS) is 11.6. The van der Waals surface area contributed by atoms with Crippen LogP contribution in [-0.2, 0) is 5.41 Å². The minimum atomic E-state index is 0.150. The second kappa shape index (κ2) is 5.58. The molecule has 0 saturated heterocycles. The van der Waals surface area contributed by atoms with E-state index in [0.717, 1.165) is 22.4 Å². The minimum absolute atomic E-state index is 0.150. The summed E-state index contributed by atoms with van der Waals surface area (Å²) < 4.78 is 0. The number of anilines is 2. The number of aromatic nitrogens is 2. The summed E-state index contributed by atoms with van der Waals surface area (Å²) in [4.78, 5) is 8.59. The van der Waals surface area contributed by atoms with Gasteiger partial charge in [0.15, 0.2) is 0 Å². The van der Waals surface area contributed by atoms with Crippen molar-refractivity contribution in [1.82, 2.24) is 9.97 Å². The first-order valence-electron chi connectivity index (χ1n) is 7.21. The molecule has 0 aliphatic carbocycles. The summed E-state index contributed by atoms with van der Waals surface area (Å²) in [7, 11) is 0. The smallest absolute Gasteiger partial charge is 0.141 e. The second-order valence-corrected chi connectivity index (χ2v) is 6.77. The van der Waals surface area contributed by atoms with Gasteiger partial charge in [-0.2, -0.15) is 0 Å². The summed E-state index contributed by atoms with van der Waals surface area (Å²) in [6.45, 7) is 6.62. The van der Waals surface area contributed by atoms with Crippen molar-refractivity contribution in [2.45, 2.75) is 26.2 Å². The average molecular weight is 312 g/mol. The predicted molar refractivity (Wildman–Crippen MR) is 93.0 cm³/mol. The van der Waals surface area contributed by atoms with Crippen molar-refractivity contribution in [3.8, 4) is 0 Å². The average Bonchev–Trinajstić information content (AvgIpc) is 2.47. The Morgan fingerprint density at radius 2 is 1.68 bits per heavy atom. The maximum absolute atomic E-state index is 6.01. The Labute approximate surface area is 135 Å². The molecular weight excluding hydrogens is 294 g/mol. The number of fused-ring (bicyclic) bond motifs is 1. The highest BCUT2D eigenvalue weighted by Gasteiger charge is 2.13.